The number of nitrogens with one attached hydrogen (secondary N) is 1. The summed E-state index contributed by atoms with van der Waals surface area (Å²) in [6.07, 6.45) is 3.55. The highest BCUT2D eigenvalue weighted by Crippen LogP contribution is 2.15. The highest BCUT2D eigenvalue weighted by atomic mass is 32.2. The zero-order valence-corrected chi connectivity index (χ0v) is 12.0. The van der Waals surface area contributed by atoms with Crippen molar-refractivity contribution in [1.29, 1.82) is 0 Å². The second kappa shape index (κ2) is 6.02. The van der Waals surface area contributed by atoms with Crippen molar-refractivity contribution in [2.45, 2.75) is 13.0 Å². The number of nitrogens with two attached hydrogens (primary N) is 1. The van der Waals surface area contributed by atoms with Crippen molar-refractivity contribution in [1.82, 2.24) is 14.8 Å². The lowest BCUT2D eigenvalue weighted by molar-refractivity contribution is 0.599. The molecule has 3 N–H and O–H groups in total. The normalized spacial score (nSPS) is 11.5. The number of aryl methyl sites for hydroxylation is 2. The fourth-order valence-electron chi connectivity index (χ4n) is 1.75. The van der Waals surface area contributed by atoms with Gasteiger partial charge in [0, 0.05) is 37.5 Å². The highest BCUT2D eigenvalue weighted by Gasteiger charge is 2.16. The molecule has 0 amide bonds. The highest BCUT2D eigenvalue weighted by molar-refractivity contribution is 7.92. The molecule has 0 aliphatic rings. The van der Waals surface area contributed by atoms with Gasteiger partial charge in [0.05, 0.1) is 11.9 Å². The Morgan fingerprint density at radius 3 is 2.85 bits per heavy atom. The van der Waals surface area contributed by atoms with Crippen LogP contribution in [0.25, 0.3) is 0 Å². The fourth-order valence-corrected chi connectivity index (χ4v) is 2.88. The van der Waals surface area contributed by atoms with E-state index in [1.807, 2.05) is 6.07 Å². The van der Waals surface area contributed by atoms with Crippen LogP contribution in [-0.2, 0) is 30.0 Å². The van der Waals surface area contributed by atoms with Crippen LogP contribution in [-0.4, -0.2) is 28.9 Å². The van der Waals surface area contributed by atoms with Crippen LogP contribution < -0.4 is 10.5 Å². The summed E-state index contributed by atoms with van der Waals surface area (Å²) in [5.41, 5.74) is 6.95. The van der Waals surface area contributed by atoms with Gasteiger partial charge in [0.15, 0.2) is 0 Å². The average Bonchev–Trinajstić information content (AvgIpc) is 2.78. The minimum Gasteiger partial charge on any atom is -0.326 e. The molecule has 108 valence electrons. The van der Waals surface area contributed by atoms with Gasteiger partial charge in [-0.2, -0.15) is 5.10 Å². The molecule has 2 aromatic heterocycles. The maximum atomic E-state index is 12.1. The molecule has 0 spiro atoms. The van der Waals surface area contributed by atoms with Crippen LogP contribution in [0.2, 0.25) is 0 Å². The van der Waals surface area contributed by atoms with Gasteiger partial charge in [0.2, 0.25) is 10.0 Å². The SMILES string of the molecule is Cn1ncc(CN)c1NS(=O)(=O)CCc1ccccn1. The third-order valence-electron chi connectivity index (χ3n) is 2.84. The van der Waals surface area contributed by atoms with E-state index in [9.17, 15) is 8.42 Å². The van der Waals surface area contributed by atoms with Crippen LogP contribution in [0.4, 0.5) is 5.82 Å². The first-order valence-electron chi connectivity index (χ1n) is 6.13. The van der Waals surface area contributed by atoms with E-state index in [4.69, 9.17) is 5.73 Å². The molecule has 0 saturated heterocycles. The third kappa shape index (κ3) is 3.55. The molecule has 20 heavy (non-hydrogen) atoms. The number of nitrogens with zero attached hydrogens (tertiary/aromatic N) is 3. The zero-order valence-electron chi connectivity index (χ0n) is 11.2. The third-order valence-corrected chi connectivity index (χ3v) is 4.09. The predicted octanol–water partition coefficient (Wildman–Crippen LogP) is 0.258. The molecule has 0 atom stereocenters. The molecule has 0 unspecified atom stereocenters. The largest absolute Gasteiger partial charge is 0.326 e. The molecule has 0 aliphatic carbocycles. The molecule has 8 heteroatoms. The number of hydrogen-bond acceptors (Lipinski definition) is 5. The van der Waals surface area contributed by atoms with Crippen molar-refractivity contribution < 1.29 is 8.42 Å². The molecule has 7 nitrogen and oxygen atoms in total. The van der Waals surface area contributed by atoms with E-state index in [0.717, 1.165) is 5.69 Å². The van der Waals surface area contributed by atoms with Crippen molar-refractivity contribution >= 4 is 15.8 Å². The summed E-state index contributed by atoms with van der Waals surface area (Å²) in [5.74, 6) is 0.368. The lowest BCUT2D eigenvalue weighted by atomic mass is 10.3. The Hall–Kier alpha value is -1.93. The van der Waals surface area contributed by atoms with Crippen LogP contribution in [0, 0.1) is 0 Å². The van der Waals surface area contributed by atoms with Crippen molar-refractivity contribution in [3.63, 3.8) is 0 Å². The molecule has 0 fully saturated rings. The zero-order chi connectivity index (χ0) is 14.6. The van der Waals surface area contributed by atoms with E-state index in [1.165, 1.54) is 4.68 Å². The average molecular weight is 295 g/mol. The minimum absolute atomic E-state index is 0.0425. The number of pyridine rings is 1. The number of hydrogen-bond donors (Lipinski definition) is 2. The van der Waals surface area contributed by atoms with Gasteiger partial charge in [-0.15, -0.1) is 0 Å². The monoisotopic (exact) mass is 295 g/mol. The number of aromatic nitrogens is 3. The van der Waals surface area contributed by atoms with E-state index < -0.39 is 10.0 Å². The molecule has 0 saturated carbocycles. The van der Waals surface area contributed by atoms with Crippen molar-refractivity contribution in [2.24, 2.45) is 12.8 Å². The van der Waals surface area contributed by atoms with Gasteiger partial charge >= 0.3 is 0 Å². The quantitative estimate of drug-likeness (QED) is 0.795. The smallest absolute Gasteiger partial charge is 0.234 e. The lowest BCUT2D eigenvalue weighted by Crippen LogP contribution is -2.21. The molecule has 0 aromatic carbocycles. The Morgan fingerprint density at radius 1 is 1.40 bits per heavy atom. The first kappa shape index (κ1) is 14.5. The molecular weight excluding hydrogens is 278 g/mol. The Labute approximate surface area is 117 Å². The Morgan fingerprint density at radius 2 is 2.20 bits per heavy atom. The molecule has 0 radical (unpaired) electrons. The Bertz CT molecular complexity index is 666. The second-order valence-electron chi connectivity index (χ2n) is 4.34. The van der Waals surface area contributed by atoms with Crippen molar-refractivity contribution in [3.05, 3.63) is 41.9 Å². The van der Waals surface area contributed by atoms with Gasteiger partial charge in [-0.3, -0.25) is 14.4 Å². The molecular formula is C12H17N5O2S. The summed E-state index contributed by atoms with van der Waals surface area (Å²) in [5, 5.41) is 3.99. The van der Waals surface area contributed by atoms with Crippen LogP contribution in [0.15, 0.2) is 30.6 Å². The maximum absolute atomic E-state index is 12.1. The van der Waals surface area contributed by atoms with E-state index in [0.29, 0.717) is 17.8 Å². The van der Waals surface area contributed by atoms with Gasteiger partial charge in [0.25, 0.3) is 0 Å². The first-order chi connectivity index (χ1) is 9.52. The molecule has 2 rings (SSSR count). The van der Waals surface area contributed by atoms with E-state index in [-0.39, 0.29) is 12.3 Å². The maximum Gasteiger partial charge on any atom is 0.234 e. The summed E-state index contributed by atoms with van der Waals surface area (Å²) < 4.78 is 28.1. The predicted molar refractivity (Wildman–Crippen MR) is 76.4 cm³/mol. The van der Waals surface area contributed by atoms with E-state index in [1.54, 1.807) is 31.6 Å². The number of sulfonamides is 1. The van der Waals surface area contributed by atoms with E-state index >= 15 is 0 Å². The van der Waals surface area contributed by atoms with E-state index in [2.05, 4.69) is 14.8 Å². The van der Waals surface area contributed by atoms with Crippen LogP contribution in [0.3, 0.4) is 0 Å². The van der Waals surface area contributed by atoms with Crippen molar-refractivity contribution in [2.75, 3.05) is 10.5 Å². The van der Waals surface area contributed by atoms with Gasteiger partial charge in [-0.1, -0.05) is 6.07 Å². The molecule has 0 bridgehead atoms. The summed E-state index contributed by atoms with van der Waals surface area (Å²) in [7, 11) is -1.80. The van der Waals surface area contributed by atoms with Gasteiger partial charge in [-0.05, 0) is 12.1 Å². The van der Waals surface area contributed by atoms with Gasteiger partial charge < -0.3 is 5.73 Å². The molecule has 2 aromatic rings. The van der Waals surface area contributed by atoms with Crippen LogP contribution >= 0.6 is 0 Å². The second-order valence-corrected chi connectivity index (χ2v) is 6.18. The number of rotatable bonds is 6. The van der Waals surface area contributed by atoms with Crippen LogP contribution in [0.1, 0.15) is 11.3 Å². The summed E-state index contributed by atoms with van der Waals surface area (Å²) in [4.78, 5) is 4.10. The first-order valence-corrected chi connectivity index (χ1v) is 7.78. The summed E-state index contributed by atoms with van der Waals surface area (Å²) in [6, 6.07) is 5.42. The van der Waals surface area contributed by atoms with Gasteiger partial charge in [0.1, 0.15) is 5.82 Å². The Kier molecular flexibility index (Phi) is 4.35. The molecule has 2 heterocycles. The number of anilines is 1. The summed E-state index contributed by atoms with van der Waals surface area (Å²) in [6.45, 7) is 0.228. The lowest BCUT2D eigenvalue weighted by Gasteiger charge is -2.09. The Balaban J connectivity index is 2.06. The molecule has 0 aliphatic heterocycles. The summed E-state index contributed by atoms with van der Waals surface area (Å²) >= 11 is 0. The minimum atomic E-state index is -3.46. The van der Waals surface area contributed by atoms with Gasteiger partial charge in [-0.25, -0.2) is 8.42 Å². The fraction of sp³-hybridized carbons (Fsp3) is 0.333. The topological polar surface area (TPSA) is 103 Å². The standard InChI is InChI=1S/C12H17N5O2S/c1-17-12(10(8-13)9-15-17)16-20(18,19)7-5-11-4-2-3-6-14-11/h2-4,6,9,16H,5,7-8,13H2,1H3. The van der Waals surface area contributed by atoms with Crippen LogP contribution in [0.5, 0.6) is 0 Å². The van der Waals surface area contributed by atoms with Crippen molar-refractivity contribution in [3.8, 4) is 0 Å².